The molecular formula is C17H26N2O4S. The van der Waals surface area contributed by atoms with E-state index >= 15 is 0 Å². The van der Waals surface area contributed by atoms with Crippen LogP contribution in [-0.2, 0) is 14.8 Å². The summed E-state index contributed by atoms with van der Waals surface area (Å²) in [7, 11) is -0.0318. The Labute approximate surface area is 144 Å². The second-order valence-electron chi connectivity index (χ2n) is 5.45. The van der Waals surface area contributed by atoms with Gasteiger partial charge in [-0.25, -0.2) is 12.7 Å². The van der Waals surface area contributed by atoms with Gasteiger partial charge in [0.2, 0.25) is 15.9 Å². The highest BCUT2D eigenvalue weighted by atomic mass is 32.2. The summed E-state index contributed by atoms with van der Waals surface area (Å²) in [5.74, 6) is 0.562. The lowest BCUT2D eigenvalue weighted by Gasteiger charge is -2.15. The zero-order valence-corrected chi connectivity index (χ0v) is 15.5. The zero-order valence-electron chi connectivity index (χ0n) is 14.7. The summed E-state index contributed by atoms with van der Waals surface area (Å²) in [5.41, 5.74) is 1.91. The van der Waals surface area contributed by atoms with Crippen LogP contribution < -0.4 is 10.1 Å². The van der Waals surface area contributed by atoms with Crippen molar-refractivity contribution in [2.45, 2.75) is 20.3 Å². The molecule has 24 heavy (non-hydrogen) atoms. The number of hydrogen-bond acceptors (Lipinski definition) is 4. The number of methoxy groups -OCH3 is 1. The molecule has 0 bridgehead atoms. The Hall–Kier alpha value is -1.86. The molecule has 1 aromatic carbocycles. The van der Waals surface area contributed by atoms with E-state index in [4.69, 9.17) is 4.74 Å². The third kappa shape index (κ3) is 6.33. The van der Waals surface area contributed by atoms with Gasteiger partial charge in [0.25, 0.3) is 0 Å². The number of sulfonamides is 1. The van der Waals surface area contributed by atoms with Crippen LogP contribution >= 0.6 is 0 Å². The van der Waals surface area contributed by atoms with Crippen molar-refractivity contribution in [2.75, 3.05) is 33.0 Å². The summed E-state index contributed by atoms with van der Waals surface area (Å²) in [4.78, 5) is 11.8. The number of rotatable bonds is 9. The fourth-order valence-corrected chi connectivity index (χ4v) is 2.93. The summed E-state index contributed by atoms with van der Waals surface area (Å²) in [5, 5.41) is 2.74. The van der Waals surface area contributed by atoms with Gasteiger partial charge in [-0.15, -0.1) is 0 Å². The summed E-state index contributed by atoms with van der Waals surface area (Å²) in [6.07, 6.45) is 3.71. The number of ether oxygens (including phenoxy) is 1. The average molecular weight is 354 g/mol. The molecule has 0 atom stereocenters. The Kier molecular flexibility index (Phi) is 7.94. The van der Waals surface area contributed by atoms with Crippen LogP contribution in [0.25, 0.3) is 6.08 Å². The van der Waals surface area contributed by atoms with Crippen molar-refractivity contribution in [2.24, 2.45) is 0 Å². The summed E-state index contributed by atoms with van der Waals surface area (Å²) in [6.45, 7) is 4.37. The fourth-order valence-electron chi connectivity index (χ4n) is 2.08. The van der Waals surface area contributed by atoms with Crippen molar-refractivity contribution in [3.05, 3.63) is 35.4 Å². The van der Waals surface area contributed by atoms with Crippen LogP contribution in [0.5, 0.6) is 5.75 Å². The molecule has 0 fully saturated rings. The number of amides is 1. The van der Waals surface area contributed by atoms with Crippen LogP contribution in [0.2, 0.25) is 0 Å². The molecule has 1 aromatic rings. The van der Waals surface area contributed by atoms with Crippen LogP contribution in [0.3, 0.4) is 0 Å². The molecule has 0 spiro atoms. The van der Waals surface area contributed by atoms with Crippen molar-refractivity contribution >= 4 is 22.0 Å². The van der Waals surface area contributed by atoms with Gasteiger partial charge in [-0.3, -0.25) is 4.79 Å². The first kappa shape index (κ1) is 20.2. The molecule has 0 aliphatic rings. The standard InChI is InChI=1S/C17H26N2O4S/c1-5-24(21,22)19(3)12-6-11-18-17(20)10-8-15-13-14(2)7-9-16(15)23-4/h7-10,13H,5-6,11-12H2,1-4H3,(H,18,20)/b10-8+. The largest absolute Gasteiger partial charge is 0.496 e. The Balaban J connectivity index is 2.46. The topological polar surface area (TPSA) is 75.7 Å². The van der Waals surface area contributed by atoms with Crippen LogP contribution in [0.4, 0.5) is 0 Å². The first-order chi connectivity index (χ1) is 11.3. The van der Waals surface area contributed by atoms with E-state index in [0.717, 1.165) is 11.1 Å². The molecule has 0 heterocycles. The first-order valence-electron chi connectivity index (χ1n) is 7.84. The lowest BCUT2D eigenvalue weighted by molar-refractivity contribution is -0.116. The van der Waals surface area contributed by atoms with E-state index in [1.54, 1.807) is 27.2 Å². The van der Waals surface area contributed by atoms with Crippen molar-refractivity contribution in [3.8, 4) is 5.75 Å². The van der Waals surface area contributed by atoms with E-state index in [1.807, 2.05) is 25.1 Å². The molecule has 0 saturated heterocycles. The first-order valence-corrected chi connectivity index (χ1v) is 9.45. The van der Waals surface area contributed by atoms with Gasteiger partial charge in [-0.2, -0.15) is 0 Å². The number of nitrogens with zero attached hydrogens (tertiary/aromatic N) is 1. The highest BCUT2D eigenvalue weighted by Gasteiger charge is 2.13. The number of aryl methyl sites for hydroxylation is 1. The van der Waals surface area contributed by atoms with E-state index in [1.165, 1.54) is 10.4 Å². The normalized spacial score (nSPS) is 11.9. The molecule has 134 valence electrons. The minimum Gasteiger partial charge on any atom is -0.496 e. The molecule has 7 heteroatoms. The molecule has 0 unspecified atom stereocenters. The van der Waals surface area contributed by atoms with Gasteiger partial charge in [0.1, 0.15) is 5.75 Å². The van der Waals surface area contributed by atoms with Crippen molar-refractivity contribution < 1.29 is 17.9 Å². The van der Waals surface area contributed by atoms with Gasteiger partial charge in [-0.05, 0) is 38.5 Å². The molecule has 1 amide bonds. The van der Waals surface area contributed by atoms with Gasteiger partial charge >= 0.3 is 0 Å². The van der Waals surface area contributed by atoms with E-state index in [9.17, 15) is 13.2 Å². The number of hydrogen-bond donors (Lipinski definition) is 1. The monoisotopic (exact) mass is 354 g/mol. The highest BCUT2D eigenvalue weighted by molar-refractivity contribution is 7.89. The number of carbonyl (C=O) groups is 1. The quantitative estimate of drug-likeness (QED) is 0.542. The molecule has 0 aliphatic heterocycles. The second-order valence-corrected chi connectivity index (χ2v) is 7.81. The van der Waals surface area contributed by atoms with Crippen LogP contribution in [0.1, 0.15) is 24.5 Å². The maximum absolute atomic E-state index is 11.8. The van der Waals surface area contributed by atoms with Gasteiger partial charge in [0.05, 0.1) is 12.9 Å². The van der Waals surface area contributed by atoms with E-state index < -0.39 is 10.0 Å². The number of nitrogens with one attached hydrogen (secondary N) is 1. The van der Waals surface area contributed by atoms with Gasteiger partial charge in [0.15, 0.2) is 0 Å². The highest BCUT2D eigenvalue weighted by Crippen LogP contribution is 2.20. The molecule has 0 saturated carbocycles. The van der Waals surface area contributed by atoms with Crippen molar-refractivity contribution in [3.63, 3.8) is 0 Å². The number of carbonyl (C=O) groups excluding carboxylic acids is 1. The van der Waals surface area contributed by atoms with E-state index in [0.29, 0.717) is 25.3 Å². The summed E-state index contributed by atoms with van der Waals surface area (Å²) >= 11 is 0. The maximum atomic E-state index is 11.8. The minimum atomic E-state index is -3.16. The predicted octanol–water partition coefficient (Wildman–Crippen LogP) is 1.80. The molecule has 0 radical (unpaired) electrons. The predicted molar refractivity (Wildman–Crippen MR) is 96.5 cm³/mol. The Morgan fingerprint density at radius 2 is 2.08 bits per heavy atom. The second kappa shape index (κ2) is 9.44. The lowest BCUT2D eigenvalue weighted by Crippen LogP contribution is -2.32. The smallest absolute Gasteiger partial charge is 0.244 e. The van der Waals surface area contributed by atoms with Crippen LogP contribution in [-0.4, -0.2) is 51.6 Å². The SMILES string of the molecule is CCS(=O)(=O)N(C)CCCNC(=O)/C=C/c1cc(C)ccc1OC. The van der Waals surface area contributed by atoms with E-state index in [2.05, 4.69) is 5.32 Å². The Bertz CT molecular complexity index is 684. The van der Waals surface area contributed by atoms with Gasteiger partial charge in [-0.1, -0.05) is 11.6 Å². The third-order valence-corrected chi connectivity index (χ3v) is 5.45. The molecule has 1 N–H and O–H groups in total. The van der Waals surface area contributed by atoms with Crippen LogP contribution in [0, 0.1) is 6.92 Å². The van der Waals surface area contributed by atoms with E-state index in [-0.39, 0.29) is 11.7 Å². The summed E-state index contributed by atoms with van der Waals surface area (Å²) in [6, 6.07) is 5.74. The molecule has 6 nitrogen and oxygen atoms in total. The van der Waals surface area contributed by atoms with Crippen molar-refractivity contribution in [1.82, 2.24) is 9.62 Å². The van der Waals surface area contributed by atoms with Gasteiger partial charge in [0, 0.05) is 31.8 Å². The molecular weight excluding hydrogens is 328 g/mol. The molecule has 0 aliphatic carbocycles. The number of benzene rings is 1. The molecule has 0 aromatic heterocycles. The van der Waals surface area contributed by atoms with Gasteiger partial charge < -0.3 is 10.1 Å². The maximum Gasteiger partial charge on any atom is 0.244 e. The third-order valence-electron chi connectivity index (χ3n) is 3.59. The lowest BCUT2D eigenvalue weighted by atomic mass is 10.1. The van der Waals surface area contributed by atoms with Crippen LogP contribution in [0.15, 0.2) is 24.3 Å². The molecule has 1 rings (SSSR count). The fraction of sp³-hybridized carbons (Fsp3) is 0.471. The average Bonchev–Trinajstić information content (AvgIpc) is 2.56. The van der Waals surface area contributed by atoms with Crippen molar-refractivity contribution in [1.29, 1.82) is 0 Å². The Morgan fingerprint density at radius 3 is 2.71 bits per heavy atom. The summed E-state index contributed by atoms with van der Waals surface area (Å²) < 4.78 is 29.7. The Morgan fingerprint density at radius 1 is 1.38 bits per heavy atom. The zero-order chi connectivity index (χ0) is 18.2. The minimum absolute atomic E-state index is 0.0803.